The molecule has 0 saturated carbocycles. The number of furan rings is 1. The third-order valence-electron chi connectivity index (χ3n) is 6.26. The molecule has 7 rings (SSSR count). The van der Waals surface area contributed by atoms with E-state index in [4.69, 9.17) is 19.3 Å². The Hall–Kier alpha value is -3.90. The maximum atomic E-state index is 13.7. The van der Waals surface area contributed by atoms with Gasteiger partial charge in [0.1, 0.15) is 17.0 Å². The van der Waals surface area contributed by atoms with E-state index < -0.39 is 0 Å². The number of rotatable bonds is 2. The van der Waals surface area contributed by atoms with Crippen LogP contribution in [0.3, 0.4) is 0 Å². The Labute approximate surface area is 240 Å². The second kappa shape index (κ2) is 10.7. The standard InChI is InChI=1S/C27H13FNOS.C5H8O2.Ir/c28-16-10-11-17-20-13-15(9-12-23(20)31-24(17)14-16)26-27-25(18-5-1-3-7-21(18)29-26)19-6-2-4-8-22(19)30-27;1-4(6)3-5(2)7;/h1-8,10-14H;3,6H,1-2H3;/q-1;;/p+1/b;4-3-;. The quantitative estimate of drug-likeness (QED) is 0.0842. The fraction of sp³-hybridized carbons (Fsp3) is 0.0625. The summed E-state index contributed by atoms with van der Waals surface area (Å²) in [5.41, 5.74) is 4.16. The first-order chi connectivity index (χ1) is 18.4. The average Bonchev–Trinajstić information content (AvgIpc) is 3.45. The maximum absolute atomic E-state index is 13.7. The Morgan fingerprint density at radius 3 is 2.44 bits per heavy atom. The number of fused-ring (bicyclic) bond motifs is 8. The van der Waals surface area contributed by atoms with Gasteiger partial charge in [-0.1, -0.05) is 47.9 Å². The number of allylic oxidation sites excluding steroid dienone is 2. The van der Waals surface area contributed by atoms with Gasteiger partial charge in [0.05, 0.1) is 24.3 Å². The summed E-state index contributed by atoms with van der Waals surface area (Å²) in [6.07, 6.45) is 1.28. The van der Waals surface area contributed by atoms with Crippen LogP contribution in [0.4, 0.5) is 4.39 Å². The molecule has 0 spiro atoms. The molecule has 3 aromatic heterocycles. The number of carbonyl (C=O) groups excluding carboxylic acids is 1. The number of aliphatic hydroxyl groups excluding tert-OH is 1. The van der Waals surface area contributed by atoms with Crippen LogP contribution in [-0.2, 0) is 20.1 Å². The molecule has 0 aliphatic carbocycles. The molecule has 195 valence electrons. The Bertz CT molecular complexity index is 2050. The Kier molecular flexibility index (Phi) is 7.32. The van der Waals surface area contributed by atoms with Crippen molar-refractivity contribution < 1.29 is 38.8 Å². The van der Waals surface area contributed by atoms with Crippen LogP contribution in [0.15, 0.2) is 95.1 Å². The second-order valence-electron chi connectivity index (χ2n) is 9.07. The topological polar surface area (TPSA) is 67.7 Å². The van der Waals surface area contributed by atoms with Crippen LogP contribution >= 0.6 is 11.3 Å². The molecule has 0 aliphatic rings. The molecule has 1 radical (unpaired) electrons. The van der Waals surface area contributed by atoms with Crippen LogP contribution in [0.2, 0.25) is 0 Å². The number of para-hydroxylation sites is 2. The van der Waals surface area contributed by atoms with E-state index in [1.165, 1.54) is 26.0 Å². The van der Waals surface area contributed by atoms with E-state index in [0.29, 0.717) is 0 Å². The summed E-state index contributed by atoms with van der Waals surface area (Å²) in [5, 5.41) is 13.7. The average molecular weight is 712 g/mol. The van der Waals surface area contributed by atoms with Gasteiger partial charge in [-0.15, -0.1) is 23.8 Å². The monoisotopic (exact) mass is 712 g/mol. The van der Waals surface area contributed by atoms with Gasteiger partial charge in [0, 0.05) is 46.7 Å². The molecule has 0 bridgehead atoms. The predicted octanol–water partition coefficient (Wildman–Crippen LogP) is 9.12. The van der Waals surface area contributed by atoms with Crippen molar-refractivity contribution in [3.8, 4) is 11.3 Å². The third-order valence-corrected chi connectivity index (χ3v) is 7.37. The van der Waals surface area contributed by atoms with Crippen molar-refractivity contribution in [2.24, 2.45) is 0 Å². The summed E-state index contributed by atoms with van der Waals surface area (Å²) in [4.78, 5) is 13.4. The van der Waals surface area contributed by atoms with Crippen molar-refractivity contribution in [3.05, 3.63) is 103 Å². The molecular formula is C32H22FIrNO3S. The van der Waals surface area contributed by atoms with Gasteiger partial charge in [-0.25, -0.2) is 4.39 Å². The van der Waals surface area contributed by atoms with E-state index in [0.717, 1.165) is 64.3 Å². The van der Waals surface area contributed by atoms with Gasteiger partial charge < -0.3 is 9.52 Å². The van der Waals surface area contributed by atoms with Crippen molar-refractivity contribution >= 4 is 70.1 Å². The third kappa shape index (κ3) is 4.97. The molecule has 4 aromatic carbocycles. The number of thiophene rings is 1. The molecular weight excluding hydrogens is 690 g/mol. The Balaban J connectivity index is 0.000000345. The minimum Gasteiger partial charge on any atom is -0.512 e. The molecule has 0 atom stereocenters. The first kappa shape index (κ1) is 26.7. The van der Waals surface area contributed by atoms with E-state index in [-0.39, 0.29) is 37.5 Å². The molecule has 7 aromatic rings. The molecule has 4 nitrogen and oxygen atoms in total. The number of hydrogen-bond donors (Lipinski definition) is 1. The van der Waals surface area contributed by atoms with Gasteiger partial charge >= 0.3 is 5.78 Å². The minimum absolute atomic E-state index is 0. The van der Waals surface area contributed by atoms with Crippen molar-refractivity contribution in [3.63, 3.8) is 0 Å². The molecule has 3 heterocycles. The van der Waals surface area contributed by atoms with Gasteiger partial charge in [-0.05, 0) is 41.3 Å². The minimum atomic E-state index is -0.219. The number of aromatic nitrogens is 1. The van der Waals surface area contributed by atoms with E-state index in [1.54, 1.807) is 17.4 Å². The van der Waals surface area contributed by atoms with E-state index in [1.807, 2.05) is 48.5 Å². The van der Waals surface area contributed by atoms with Gasteiger partial charge in [0.25, 0.3) is 0 Å². The maximum Gasteiger partial charge on any atom is 0.316 e. The van der Waals surface area contributed by atoms with Gasteiger partial charge in [0.15, 0.2) is 0 Å². The predicted molar refractivity (Wildman–Crippen MR) is 155 cm³/mol. The molecule has 0 aliphatic heterocycles. The first-order valence-corrected chi connectivity index (χ1v) is 12.8. The zero-order valence-corrected chi connectivity index (χ0v) is 24.2. The van der Waals surface area contributed by atoms with Crippen LogP contribution in [0, 0.1) is 11.9 Å². The zero-order chi connectivity index (χ0) is 26.4. The van der Waals surface area contributed by atoms with E-state index in [9.17, 15) is 4.39 Å². The van der Waals surface area contributed by atoms with Gasteiger partial charge in [0.2, 0.25) is 0 Å². The summed E-state index contributed by atoms with van der Waals surface area (Å²) < 4.78 is 22.0. The number of pyridine rings is 1. The largest absolute Gasteiger partial charge is 0.512 e. The van der Waals surface area contributed by atoms with E-state index >= 15 is 0 Å². The summed E-state index contributed by atoms with van der Waals surface area (Å²) in [7, 11) is 0. The normalized spacial score (nSPS) is 11.6. The fourth-order valence-corrected chi connectivity index (χ4v) is 5.84. The van der Waals surface area contributed by atoms with Crippen LogP contribution in [0.25, 0.3) is 64.3 Å². The number of halogens is 1. The number of hydrogen-bond acceptors (Lipinski definition) is 4. The molecule has 39 heavy (non-hydrogen) atoms. The summed E-state index contributed by atoms with van der Waals surface area (Å²) in [6.45, 7) is 3.00. The number of aliphatic hydroxyl groups is 1. The summed E-state index contributed by atoms with van der Waals surface area (Å²) in [5.74, 6) is 0.0310. The van der Waals surface area contributed by atoms with Crippen molar-refractivity contribution in [1.82, 2.24) is 4.98 Å². The molecule has 0 saturated heterocycles. The molecule has 7 heteroatoms. The van der Waals surface area contributed by atoms with Gasteiger partial charge in [-0.2, -0.15) is 11.3 Å². The molecule has 2 N–H and O–H groups in total. The van der Waals surface area contributed by atoms with Crippen molar-refractivity contribution in [2.75, 3.05) is 0 Å². The Morgan fingerprint density at radius 1 is 0.949 bits per heavy atom. The number of nitrogens with zero attached hydrogens (tertiary/aromatic N) is 1. The van der Waals surface area contributed by atoms with Crippen LogP contribution in [0.5, 0.6) is 0 Å². The summed E-state index contributed by atoms with van der Waals surface area (Å²) in [6, 6.07) is 28.6. The van der Waals surface area contributed by atoms with Crippen LogP contribution in [0.1, 0.15) is 13.8 Å². The SMILES string of the molecule is CC(=[OH+])/C=C(/C)O.Fc1ccc2c(c1)sc1c[c-]c(-c3nc4ccccc4c4c3oc3ccccc34)cc12.[Ir]. The molecule has 0 amide bonds. The molecule has 0 unspecified atom stereocenters. The Morgan fingerprint density at radius 2 is 1.69 bits per heavy atom. The first-order valence-electron chi connectivity index (χ1n) is 12.0. The summed E-state index contributed by atoms with van der Waals surface area (Å²) >= 11 is 1.57. The van der Waals surface area contributed by atoms with E-state index in [2.05, 4.69) is 24.3 Å². The van der Waals surface area contributed by atoms with Gasteiger partial charge in [-0.3, -0.25) is 9.78 Å². The molecule has 0 fully saturated rings. The fourth-order valence-electron chi connectivity index (χ4n) is 4.75. The zero-order valence-electron chi connectivity index (χ0n) is 21.0. The van der Waals surface area contributed by atoms with Crippen molar-refractivity contribution in [1.29, 1.82) is 0 Å². The van der Waals surface area contributed by atoms with Crippen LogP contribution < -0.4 is 0 Å². The second-order valence-corrected chi connectivity index (χ2v) is 10.2. The van der Waals surface area contributed by atoms with Crippen molar-refractivity contribution in [2.45, 2.75) is 13.8 Å². The smallest absolute Gasteiger partial charge is 0.316 e. The number of benzene rings is 4. The van der Waals surface area contributed by atoms with Crippen LogP contribution in [-0.4, -0.2) is 20.7 Å². The number of ketones is 1.